The maximum Gasteiger partial charge on any atom is 0.256 e. The predicted molar refractivity (Wildman–Crippen MR) is 119 cm³/mol. The Balaban J connectivity index is 1.85. The number of carbonyl (C=O) groups is 2. The molecule has 0 fully saturated rings. The topological polar surface area (TPSA) is 110 Å². The second-order valence-corrected chi connectivity index (χ2v) is 11.1. The quantitative estimate of drug-likeness (QED) is 0.705. The number of nitrogens with two attached hydrogens (primary N) is 1. The van der Waals surface area contributed by atoms with Crippen LogP contribution in [0, 0.1) is 5.92 Å². The third kappa shape index (κ3) is 4.28. The molecule has 1 aromatic carbocycles. The summed E-state index contributed by atoms with van der Waals surface area (Å²) < 4.78 is 26.4. The highest BCUT2D eigenvalue weighted by molar-refractivity contribution is 7.89. The largest absolute Gasteiger partial charge is 0.365 e. The van der Waals surface area contributed by atoms with Crippen LogP contribution in [0.4, 0.5) is 5.00 Å². The Morgan fingerprint density at radius 2 is 1.87 bits per heavy atom. The molecule has 9 heteroatoms. The zero-order valence-corrected chi connectivity index (χ0v) is 19.2. The molecule has 3 rings (SSSR count). The standard InChI is InChI=1S/C21H27N3O4S2/c1-12(2)24(4)30(27,28)15-8-6-14(7-9-15)20(26)23-21-18(19(22)25)16-10-5-13(3)11-17(16)29-21/h6-9,12-13H,5,10-11H2,1-4H3,(H2,22,25)(H,23,26). The van der Waals surface area contributed by atoms with Gasteiger partial charge in [0.15, 0.2) is 0 Å². The molecule has 1 aromatic heterocycles. The molecule has 1 heterocycles. The molecule has 1 aliphatic carbocycles. The summed E-state index contributed by atoms with van der Waals surface area (Å²) in [6.07, 6.45) is 2.63. The van der Waals surface area contributed by atoms with E-state index in [0.29, 0.717) is 22.0 Å². The predicted octanol–water partition coefficient (Wildman–Crippen LogP) is 3.25. The van der Waals surface area contributed by atoms with Crippen molar-refractivity contribution in [3.63, 3.8) is 0 Å². The number of anilines is 1. The summed E-state index contributed by atoms with van der Waals surface area (Å²) in [5.41, 5.74) is 7.24. The van der Waals surface area contributed by atoms with E-state index in [1.54, 1.807) is 13.8 Å². The van der Waals surface area contributed by atoms with E-state index in [0.717, 1.165) is 29.7 Å². The van der Waals surface area contributed by atoms with Crippen molar-refractivity contribution in [2.45, 2.75) is 51.0 Å². The van der Waals surface area contributed by atoms with Gasteiger partial charge in [-0.1, -0.05) is 6.92 Å². The first kappa shape index (κ1) is 22.5. The number of amides is 2. The Hall–Kier alpha value is -2.23. The summed E-state index contributed by atoms with van der Waals surface area (Å²) in [6.45, 7) is 5.74. The SMILES string of the molecule is CC1CCc2c(sc(NC(=O)c3ccc(S(=O)(=O)N(C)C(C)C)cc3)c2C(N)=O)C1. The zero-order valence-electron chi connectivity index (χ0n) is 17.6. The van der Waals surface area contributed by atoms with Crippen LogP contribution in [0.15, 0.2) is 29.2 Å². The lowest BCUT2D eigenvalue weighted by Gasteiger charge is -2.21. The van der Waals surface area contributed by atoms with Crippen LogP contribution in [0.1, 0.15) is 58.3 Å². The molecule has 1 unspecified atom stereocenters. The Labute approximate surface area is 181 Å². The molecule has 0 bridgehead atoms. The van der Waals surface area contributed by atoms with E-state index in [-0.39, 0.29) is 10.9 Å². The summed E-state index contributed by atoms with van der Waals surface area (Å²) >= 11 is 1.40. The molecule has 0 spiro atoms. The maximum atomic E-state index is 12.8. The van der Waals surface area contributed by atoms with Gasteiger partial charge in [-0.05, 0) is 68.9 Å². The number of hydrogen-bond acceptors (Lipinski definition) is 5. The second kappa shape index (κ2) is 8.49. The van der Waals surface area contributed by atoms with Crippen LogP contribution >= 0.6 is 11.3 Å². The molecule has 2 amide bonds. The number of primary amides is 1. The van der Waals surface area contributed by atoms with Crippen LogP contribution in [0.25, 0.3) is 0 Å². The van der Waals surface area contributed by atoms with Gasteiger partial charge in [0, 0.05) is 23.5 Å². The first-order chi connectivity index (χ1) is 14.0. The van der Waals surface area contributed by atoms with Crippen molar-refractivity contribution in [2.75, 3.05) is 12.4 Å². The normalized spacial score (nSPS) is 16.5. The zero-order chi connectivity index (χ0) is 22.2. The molecule has 162 valence electrons. The second-order valence-electron chi connectivity index (χ2n) is 8.01. The summed E-state index contributed by atoms with van der Waals surface area (Å²) in [7, 11) is -2.10. The number of nitrogens with zero attached hydrogens (tertiary/aromatic N) is 1. The minimum atomic E-state index is -3.62. The molecular formula is C21H27N3O4S2. The van der Waals surface area contributed by atoms with Crippen molar-refractivity contribution in [3.8, 4) is 0 Å². The van der Waals surface area contributed by atoms with E-state index in [4.69, 9.17) is 5.73 Å². The van der Waals surface area contributed by atoms with Gasteiger partial charge < -0.3 is 11.1 Å². The molecule has 3 N–H and O–H groups in total. The van der Waals surface area contributed by atoms with Gasteiger partial charge in [-0.15, -0.1) is 11.3 Å². The van der Waals surface area contributed by atoms with E-state index in [9.17, 15) is 18.0 Å². The van der Waals surface area contributed by atoms with Gasteiger partial charge >= 0.3 is 0 Å². The Morgan fingerprint density at radius 1 is 1.23 bits per heavy atom. The number of benzene rings is 1. The van der Waals surface area contributed by atoms with Crippen LogP contribution in [0.5, 0.6) is 0 Å². The van der Waals surface area contributed by atoms with E-state index in [1.165, 1.54) is 47.0 Å². The Morgan fingerprint density at radius 3 is 2.43 bits per heavy atom. The van der Waals surface area contributed by atoms with Gasteiger partial charge in [0.05, 0.1) is 10.5 Å². The lowest BCUT2D eigenvalue weighted by atomic mass is 9.88. The molecule has 0 saturated carbocycles. The number of fused-ring (bicyclic) bond motifs is 1. The minimum absolute atomic E-state index is 0.119. The number of sulfonamides is 1. The number of rotatable bonds is 6. The highest BCUT2D eigenvalue weighted by Crippen LogP contribution is 2.39. The highest BCUT2D eigenvalue weighted by atomic mass is 32.2. The van der Waals surface area contributed by atoms with Crippen LogP contribution < -0.4 is 11.1 Å². The molecular weight excluding hydrogens is 422 g/mol. The van der Waals surface area contributed by atoms with E-state index in [1.807, 2.05) is 0 Å². The first-order valence-corrected chi connectivity index (χ1v) is 12.1. The molecule has 2 aromatic rings. The number of carbonyl (C=O) groups excluding carboxylic acids is 2. The number of nitrogens with one attached hydrogen (secondary N) is 1. The molecule has 7 nitrogen and oxygen atoms in total. The average Bonchev–Trinajstić information content (AvgIpc) is 3.04. The fourth-order valence-corrected chi connectivity index (χ4v) is 6.28. The smallest absolute Gasteiger partial charge is 0.256 e. The summed E-state index contributed by atoms with van der Waals surface area (Å²) in [6, 6.07) is 5.59. The van der Waals surface area contributed by atoms with E-state index >= 15 is 0 Å². The van der Waals surface area contributed by atoms with Crippen molar-refractivity contribution in [3.05, 3.63) is 45.8 Å². The lowest BCUT2D eigenvalue weighted by Crippen LogP contribution is -2.33. The van der Waals surface area contributed by atoms with Crippen LogP contribution in [0.3, 0.4) is 0 Å². The minimum Gasteiger partial charge on any atom is -0.365 e. The lowest BCUT2D eigenvalue weighted by molar-refractivity contribution is 0.1000. The van der Waals surface area contributed by atoms with Crippen LogP contribution in [-0.4, -0.2) is 37.6 Å². The Bertz CT molecular complexity index is 1070. The van der Waals surface area contributed by atoms with Crippen LogP contribution in [-0.2, 0) is 22.9 Å². The maximum absolute atomic E-state index is 12.8. The molecule has 1 aliphatic rings. The van der Waals surface area contributed by atoms with Crippen molar-refractivity contribution in [1.82, 2.24) is 4.31 Å². The monoisotopic (exact) mass is 449 g/mol. The third-order valence-electron chi connectivity index (χ3n) is 5.51. The van der Waals surface area contributed by atoms with E-state index in [2.05, 4.69) is 12.2 Å². The summed E-state index contributed by atoms with van der Waals surface area (Å²) in [5.74, 6) is -0.431. The van der Waals surface area contributed by atoms with Gasteiger partial charge in [-0.25, -0.2) is 8.42 Å². The van der Waals surface area contributed by atoms with Crippen molar-refractivity contribution in [1.29, 1.82) is 0 Å². The van der Waals surface area contributed by atoms with Gasteiger partial charge in [0.2, 0.25) is 10.0 Å². The van der Waals surface area contributed by atoms with Crippen molar-refractivity contribution < 1.29 is 18.0 Å². The Kier molecular flexibility index (Phi) is 6.35. The summed E-state index contributed by atoms with van der Waals surface area (Å²) in [4.78, 5) is 26.0. The third-order valence-corrected chi connectivity index (χ3v) is 8.72. The number of hydrogen-bond donors (Lipinski definition) is 2. The van der Waals surface area contributed by atoms with E-state index < -0.39 is 21.8 Å². The molecule has 1 atom stereocenters. The van der Waals surface area contributed by atoms with Gasteiger partial charge in [-0.2, -0.15) is 4.31 Å². The molecule has 0 radical (unpaired) electrons. The summed E-state index contributed by atoms with van der Waals surface area (Å²) in [5, 5.41) is 3.26. The number of thiophene rings is 1. The fraction of sp³-hybridized carbons (Fsp3) is 0.429. The van der Waals surface area contributed by atoms with Gasteiger partial charge in [-0.3, -0.25) is 9.59 Å². The molecule has 0 aliphatic heterocycles. The van der Waals surface area contributed by atoms with Gasteiger partial charge in [0.25, 0.3) is 11.8 Å². The first-order valence-electron chi connectivity index (χ1n) is 9.86. The van der Waals surface area contributed by atoms with Crippen LogP contribution in [0.2, 0.25) is 0 Å². The average molecular weight is 450 g/mol. The van der Waals surface area contributed by atoms with Crippen molar-refractivity contribution >= 4 is 38.2 Å². The fourth-order valence-electron chi connectivity index (χ4n) is 3.50. The molecule has 0 saturated heterocycles. The van der Waals surface area contributed by atoms with Gasteiger partial charge in [0.1, 0.15) is 5.00 Å². The molecule has 30 heavy (non-hydrogen) atoms. The van der Waals surface area contributed by atoms with Crippen molar-refractivity contribution in [2.24, 2.45) is 11.7 Å². The highest BCUT2D eigenvalue weighted by Gasteiger charge is 2.28.